The summed E-state index contributed by atoms with van der Waals surface area (Å²) in [5, 5.41) is 10.0. The van der Waals surface area contributed by atoms with Gasteiger partial charge in [0, 0.05) is 23.1 Å². The van der Waals surface area contributed by atoms with Gasteiger partial charge in [-0.3, -0.25) is 0 Å². The lowest BCUT2D eigenvalue weighted by molar-refractivity contribution is 0.00321. The minimum absolute atomic E-state index is 0.0485. The molecule has 2 aromatic carbocycles. The van der Waals surface area contributed by atoms with Crippen molar-refractivity contribution >= 4 is 55.9 Å². The van der Waals surface area contributed by atoms with Crippen LogP contribution in [0.1, 0.15) is 73.6 Å². The largest absolute Gasteiger partial charge is 0.489 e. The van der Waals surface area contributed by atoms with Gasteiger partial charge < -0.3 is 24.1 Å². The number of hydrogen-bond acceptors (Lipinski definition) is 9. The molecule has 2 aromatic heterocycles. The average molecular weight is 643 g/mol. The Morgan fingerprint density at radius 1 is 1.14 bits per heavy atom. The number of thiazole rings is 1. The number of rotatable bonds is 10. The van der Waals surface area contributed by atoms with E-state index in [9.17, 15) is 4.79 Å². The molecule has 8 nitrogen and oxygen atoms in total. The molecule has 3 aliphatic carbocycles. The van der Waals surface area contributed by atoms with E-state index in [1.165, 1.54) is 18.4 Å². The van der Waals surface area contributed by atoms with Crippen LogP contribution < -0.4 is 10.1 Å². The van der Waals surface area contributed by atoms with Crippen molar-refractivity contribution in [1.29, 1.82) is 0 Å². The van der Waals surface area contributed by atoms with E-state index in [1.807, 2.05) is 38.1 Å². The number of anilines is 1. The van der Waals surface area contributed by atoms with E-state index < -0.39 is 5.97 Å². The Labute approximate surface area is 264 Å². The molecular weight excluding hydrogens is 609 g/mol. The number of hydrogen-bond donors (Lipinski definition) is 1. The molecule has 2 heterocycles. The normalized spacial score (nSPS) is 22.9. The highest BCUT2D eigenvalue weighted by Crippen LogP contribution is 2.50. The monoisotopic (exact) mass is 641 g/mol. The highest BCUT2D eigenvalue weighted by atomic mass is 35.5. The molecule has 0 radical (unpaired) electrons. The summed E-state index contributed by atoms with van der Waals surface area (Å²) in [6, 6.07) is 9.33. The van der Waals surface area contributed by atoms with Gasteiger partial charge in [0.1, 0.15) is 22.7 Å². The SMILES string of the molecule is COC(=O)c1cc(OC(C)C)c2nc(N[C@H]3C[C@@H]4C[C@H]3C[C@@H]4OCc3c(-c4c(Cl)cccc4Cl)noc3C3CC3)sc2c1. The number of benzene rings is 2. The zero-order chi connectivity index (χ0) is 29.8. The summed E-state index contributed by atoms with van der Waals surface area (Å²) in [6.07, 6.45) is 5.42. The smallest absolute Gasteiger partial charge is 0.338 e. The van der Waals surface area contributed by atoms with Crippen molar-refractivity contribution in [2.75, 3.05) is 12.4 Å². The Morgan fingerprint density at radius 3 is 2.60 bits per heavy atom. The summed E-state index contributed by atoms with van der Waals surface area (Å²) in [7, 11) is 1.38. The number of ether oxygens (including phenoxy) is 3. The van der Waals surface area contributed by atoms with Crippen LogP contribution in [0.25, 0.3) is 21.5 Å². The van der Waals surface area contributed by atoms with Crippen molar-refractivity contribution < 1.29 is 23.5 Å². The van der Waals surface area contributed by atoms with E-state index in [2.05, 4.69) is 10.5 Å². The molecule has 4 aromatic rings. The van der Waals surface area contributed by atoms with E-state index in [4.69, 9.17) is 46.9 Å². The van der Waals surface area contributed by atoms with Crippen molar-refractivity contribution in [1.82, 2.24) is 10.1 Å². The molecule has 0 saturated heterocycles. The number of methoxy groups -OCH3 is 1. The fourth-order valence-electron chi connectivity index (χ4n) is 6.64. The second kappa shape index (κ2) is 11.6. The first kappa shape index (κ1) is 28.9. The van der Waals surface area contributed by atoms with Crippen LogP contribution in [0.4, 0.5) is 5.13 Å². The van der Waals surface area contributed by atoms with Gasteiger partial charge in [0.2, 0.25) is 0 Å². The van der Waals surface area contributed by atoms with Crippen molar-refractivity contribution in [2.45, 2.75) is 76.7 Å². The molecule has 3 fully saturated rings. The topological polar surface area (TPSA) is 95.7 Å². The van der Waals surface area contributed by atoms with Gasteiger partial charge in [-0.25, -0.2) is 9.78 Å². The molecule has 0 spiro atoms. The molecule has 226 valence electrons. The summed E-state index contributed by atoms with van der Waals surface area (Å²) in [5.74, 6) is 2.44. The number of nitrogens with one attached hydrogen (secondary N) is 1. The maximum absolute atomic E-state index is 12.3. The van der Waals surface area contributed by atoms with Crippen LogP contribution in [-0.4, -0.2) is 41.5 Å². The van der Waals surface area contributed by atoms with Gasteiger partial charge >= 0.3 is 5.97 Å². The highest BCUT2D eigenvalue weighted by Gasteiger charge is 2.47. The quantitative estimate of drug-likeness (QED) is 0.172. The standard InChI is InChI=1S/C32H33Cl2N3O5S/c1-15(2)41-25-12-19(31(38)39-3)13-26-29(25)36-32(43-26)35-23-10-18-9-17(23)11-24(18)40-14-20-28(37-42-30(20)16-7-8-16)27-21(33)5-4-6-22(27)34/h4-6,12-13,15-18,23-24H,7-11,14H2,1-3H3,(H,35,36)/t17-,18-,23-,24-/m0/s1. The zero-order valence-electron chi connectivity index (χ0n) is 24.2. The Morgan fingerprint density at radius 2 is 1.93 bits per heavy atom. The number of fused-ring (bicyclic) bond motifs is 3. The van der Waals surface area contributed by atoms with Gasteiger partial charge in [0.15, 0.2) is 5.13 Å². The Hall–Kier alpha value is -2.85. The Balaban J connectivity index is 1.04. The number of aromatic nitrogens is 2. The third-order valence-corrected chi connectivity index (χ3v) is 10.3. The molecular formula is C32H33Cl2N3O5S. The van der Waals surface area contributed by atoms with Crippen molar-refractivity contribution in [3.05, 3.63) is 57.3 Å². The Bertz CT molecular complexity index is 1660. The second-order valence-electron chi connectivity index (χ2n) is 12.1. The number of carbonyl (C=O) groups excluding carboxylic acids is 1. The van der Waals surface area contributed by atoms with Crippen molar-refractivity contribution in [3.63, 3.8) is 0 Å². The van der Waals surface area contributed by atoms with Crippen LogP contribution in [0.3, 0.4) is 0 Å². The first-order valence-corrected chi connectivity index (χ1v) is 16.4. The van der Waals surface area contributed by atoms with Gasteiger partial charge in [-0.2, -0.15) is 0 Å². The molecule has 0 amide bonds. The second-order valence-corrected chi connectivity index (χ2v) is 13.9. The lowest BCUT2D eigenvalue weighted by Crippen LogP contribution is -2.32. The number of esters is 1. The van der Waals surface area contributed by atoms with Crippen LogP contribution in [0.15, 0.2) is 34.9 Å². The van der Waals surface area contributed by atoms with Crippen LogP contribution in [0.5, 0.6) is 5.75 Å². The number of nitrogens with zero attached hydrogens (tertiary/aromatic N) is 2. The van der Waals surface area contributed by atoms with Gasteiger partial charge in [-0.1, -0.05) is 45.8 Å². The van der Waals surface area contributed by atoms with Gasteiger partial charge in [-0.05, 0) is 82.1 Å². The lowest BCUT2D eigenvalue weighted by atomic mass is 9.93. The van der Waals surface area contributed by atoms with E-state index in [0.29, 0.717) is 63.0 Å². The maximum Gasteiger partial charge on any atom is 0.338 e. The average Bonchev–Trinajstić information content (AvgIpc) is 3.27. The first-order valence-electron chi connectivity index (χ1n) is 14.8. The minimum atomic E-state index is -0.393. The number of halogens is 2. The van der Waals surface area contributed by atoms with Crippen molar-refractivity contribution in [3.8, 4) is 17.0 Å². The van der Waals surface area contributed by atoms with Crippen LogP contribution in [-0.2, 0) is 16.1 Å². The number of carbonyl (C=O) groups is 1. The van der Waals surface area contributed by atoms with Crippen LogP contribution >= 0.6 is 34.5 Å². The van der Waals surface area contributed by atoms with E-state index in [0.717, 1.165) is 58.8 Å². The van der Waals surface area contributed by atoms with Gasteiger partial charge in [0.05, 0.1) is 46.2 Å². The zero-order valence-corrected chi connectivity index (χ0v) is 26.5. The summed E-state index contributed by atoms with van der Waals surface area (Å²) in [6.45, 7) is 4.34. The predicted octanol–water partition coefficient (Wildman–Crippen LogP) is 8.51. The van der Waals surface area contributed by atoms with Gasteiger partial charge in [-0.15, -0.1) is 0 Å². The predicted molar refractivity (Wildman–Crippen MR) is 167 cm³/mol. The van der Waals surface area contributed by atoms with Gasteiger partial charge in [0.25, 0.3) is 0 Å². The first-order chi connectivity index (χ1) is 20.8. The Kier molecular flexibility index (Phi) is 7.78. The summed E-state index contributed by atoms with van der Waals surface area (Å²) in [5.41, 5.74) is 3.57. The van der Waals surface area contributed by atoms with Crippen LogP contribution in [0.2, 0.25) is 10.0 Å². The molecule has 3 saturated carbocycles. The highest BCUT2D eigenvalue weighted by molar-refractivity contribution is 7.22. The fourth-order valence-corrected chi connectivity index (χ4v) is 8.20. The van der Waals surface area contributed by atoms with E-state index in [1.54, 1.807) is 6.07 Å². The summed E-state index contributed by atoms with van der Waals surface area (Å²) in [4.78, 5) is 17.1. The fraction of sp³-hybridized carbons (Fsp3) is 0.469. The molecule has 0 aliphatic heterocycles. The molecule has 3 aliphatic rings. The summed E-state index contributed by atoms with van der Waals surface area (Å²) >= 11 is 14.6. The molecule has 43 heavy (non-hydrogen) atoms. The molecule has 11 heteroatoms. The van der Waals surface area contributed by atoms with Crippen LogP contribution in [0, 0.1) is 11.8 Å². The lowest BCUT2D eigenvalue weighted by Gasteiger charge is -2.28. The van der Waals surface area contributed by atoms with E-state index in [-0.39, 0.29) is 12.2 Å². The summed E-state index contributed by atoms with van der Waals surface area (Å²) < 4.78 is 24.3. The maximum atomic E-state index is 12.3. The minimum Gasteiger partial charge on any atom is -0.489 e. The third kappa shape index (κ3) is 5.61. The molecule has 1 N–H and O–H groups in total. The van der Waals surface area contributed by atoms with E-state index >= 15 is 0 Å². The molecule has 2 bridgehead atoms. The molecule has 4 atom stereocenters. The third-order valence-electron chi connectivity index (χ3n) is 8.75. The molecule has 7 rings (SSSR count). The van der Waals surface area contributed by atoms with Crippen molar-refractivity contribution in [2.24, 2.45) is 11.8 Å². The molecule has 0 unspecified atom stereocenters.